The van der Waals surface area contributed by atoms with Crippen molar-refractivity contribution in [3.8, 4) is 0 Å². The van der Waals surface area contributed by atoms with E-state index in [-0.39, 0.29) is 6.54 Å². The van der Waals surface area contributed by atoms with Crippen LogP contribution in [-0.2, 0) is 0 Å². The van der Waals surface area contributed by atoms with Crippen LogP contribution in [0.4, 0.5) is 8.78 Å². The van der Waals surface area contributed by atoms with Gasteiger partial charge < -0.3 is 5.32 Å². The van der Waals surface area contributed by atoms with Gasteiger partial charge in [-0.25, -0.2) is 8.78 Å². The van der Waals surface area contributed by atoms with E-state index in [2.05, 4.69) is 11.9 Å². The van der Waals surface area contributed by atoms with Crippen molar-refractivity contribution >= 4 is 0 Å². The molecule has 0 bridgehead atoms. The van der Waals surface area contributed by atoms with Gasteiger partial charge in [0.2, 0.25) is 0 Å². The number of hydrogen-bond donors (Lipinski definition) is 1. The van der Waals surface area contributed by atoms with E-state index in [1.807, 2.05) is 0 Å². The largest absolute Gasteiger partial charge is 0.316 e. The molecule has 0 unspecified atom stereocenters. The van der Waals surface area contributed by atoms with E-state index < -0.39 is 6.43 Å². The Morgan fingerprint density at radius 2 is 2.17 bits per heavy atom. The molecule has 0 rings (SSSR count). The third-order valence-corrected chi connectivity index (χ3v) is 1.37. The molecule has 0 spiro atoms. The van der Waals surface area contributed by atoms with Gasteiger partial charge in [-0.05, 0) is 19.7 Å². The molecule has 0 atom stereocenters. The zero-order chi connectivity index (χ0) is 9.56. The summed E-state index contributed by atoms with van der Waals surface area (Å²) < 4.78 is 23.7. The Kier molecular flexibility index (Phi) is 5.84. The van der Waals surface area contributed by atoms with Gasteiger partial charge in [0.05, 0.1) is 6.54 Å². The fourth-order valence-electron chi connectivity index (χ4n) is 0.988. The van der Waals surface area contributed by atoms with E-state index in [9.17, 15) is 8.78 Å². The maximum atomic E-state index is 11.8. The number of alkyl halides is 2. The van der Waals surface area contributed by atoms with Crippen LogP contribution in [0.15, 0.2) is 12.2 Å². The highest BCUT2D eigenvalue weighted by Gasteiger charge is 2.07. The molecule has 1 N–H and O–H groups in total. The van der Waals surface area contributed by atoms with Crippen molar-refractivity contribution in [2.24, 2.45) is 0 Å². The summed E-state index contributed by atoms with van der Waals surface area (Å²) in [5.41, 5.74) is 0.917. The number of nitrogens with zero attached hydrogens (tertiary/aromatic N) is 1. The predicted molar refractivity (Wildman–Crippen MR) is 46.6 cm³/mol. The molecule has 0 aliphatic rings. The molecule has 0 fully saturated rings. The van der Waals surface area contributed by atoms with Gasteiger partial charge in [-0.15, -0.1) is 0 Å². The molecular weight excluding hydrogens is 162 g/mol. The molecule has 12 heavy (non-hydrogen) atoms. The summed E-state index contributed by atoms with van der Waals surface area (Å²) in [6.45, 7) is 4.74. The highest BCUT2D eigenvalue weighted by Crippen LogP contribution is 1.98. The van der Waals surface area contributed by atoms with E-state index in [0.717, 1.165) is 5.57 Å². The summed E-state index contributed by atoms with van der Waals surface area (Å²) in [4.78, 5) is 1.56. The molecule has 0 radical (unpaired) electrons. The lowest BCUT2D eigenvalue weighted by atomic mass is 10.3. The number of rotatable bonds is 6. The van der Waals surface area contributed by atoms with E-state index in [1.54, 1.807) is 19.0 Å². The molecule has 72 valence electrons. The summed E-state index contributed by atoms with van der Waals surface area (Å²) in [5.74, 6) is 0. The number of nitrogens with one attached hydrogen (secondary N) is 1. The lowest BCUT2D eigenvalue weighted by molar-refractivity contribution is 0.104. The van der Waals surface area contributed by atoms with Crippen molar-refractivity contribution < 1.29 is 8.78 Å². The topological polar surface area (TPSA) is 15.3 Å². The van der Waals surface area contributed by atoms with Gasteiger partial charge in [-0.3, -0.25) is 4.90 Å². The van der Waals surface area contributed by atoms with Crippen LogP contribution in [0.1, 0.15) is 0 Å². The first-order chi connectivity index (χ1) is 5.56. The Balaban J connectivity index is 3.54. The summed E-state index contributed by atoms with van der Waals surface area (Å²) >= 11 is 0. The third kappa shape index (κ3) is 6.24. The standard InChI is InChI=1S/C8H16F2N2/c1-7(4-11-2)5-12(3)6-8(9)10/h8,11H,1,4-6H2,2-3H3. The molecule has 0 aliphatic heterocycles. The second-order valence-corrected chi connectivity index (χ2v) is 2.87. The van der Waals surface area contributed by atoms with Crippen LogP contribution in [-0.4, -0.2) is 45.1 Å². The van der Waals surface area contributed by atoms with Gasteiger partial charge in [-0.1, -0.05) is 6.58 Å². The number of likely N-dealkylation sites (N-methyl/N-ethyl adjacent to an activating group) is 2. The van der Waals surface area contributed by atoms with Crippen LogP contribution in [0.2, 0.25) is 0 Å². The van der Waals surface area contributed by atoms with Gasteiger partial charge in [-0.2, -0.15) is 0 Å². The first-order valence-corrected chi connectivity index (χ1v) is 3.84. The van der Waals surface area contributed by atoms with Crippen molar-refractivity contribution in [3.63, 3.8) is 0 Å². The Morgan fingerprint density at radius 3 is 2.58 bits per heavy atom. The molecule has 0 aromatic heterocycles. The van der Waals surface area contributed by atoms with Crippen LogP contribution in [0.3, 0.4) is 0 Å². The molecular formula is C8H16F2N2. The minimum atomic E-state index is -2.27. The molecule has 4 heteroatoms. The first-order valence-electron chi connectivity index (χ1n) is 3.84. The number of hydrogen-bond acceptors (Lipinski definition) is 2. The zero-order valence-electron chi connectivity index (χ0n) is 7.61. The monoisotopic (exact) mass is 178 g/mol. The third-order valence-electron chi connectivity index (χ3n) is 1.37. The van der Waals surface area contributed by atoms with E-state index in [4.69, 9.17) is 0 Å². The lowest BCUT2D eigenvalue weighted by Gasteiger charge is -2.17. The van der Waals surface area contributed by atoms with Gasteiger partial charge >= 0.3 is 0 Å². The average Bonchev–Trinajstić information content (AvgIpc) is 1.84. The normalized spacial score (nSPS) is 11.2. The molecule has 0 heterocycles. The predicted octanol–water partition coefficient (Wildman–Crippen LogP) is 0.959. The fraction of sp³-hybridized carbons (Fsp3) is 0.750. The minimum absolute atomic E-state index is 0.192. The van der Waals surface area contributed by atoms with Crippen LogP contribution >= 0.6 is 0 Å². The molecule has 0 aromatic carbocycles. The van der Waals surface area contributed by atoms with Gasteiger partial charge in [0, 0.05) is 13.1 Å². The van der Waals surface area contributed by atoms with Crippen LogP contribution < -0.4 is 5.32 Å². The molecule has 0 saturated heterocycles. The Morgan fingerprint density at radius 1 is 1.58 bits per heavy atom. The van der Waals surface area contributed by atoms with Crippen LogP contribution in [0.5, 0.6) is 0 Å². The van der Waals surface area contributed by atoms with Crippen molar-refractivity contribution in [2.45, 2.75) is 6.43 Å². The lowest BCUT2D eigenvalue weighted by Crippen LogP contribution is -2.28. The second kappa shape index (κ2) is 6.08. The molecule has 0 saturated carbocycles. The highest BCUT2D eigenvalue weighted by atomic mass is 19.3. The summed E-state index contributed by atoms with van der Waals surface area (Å²) in [5, 5.41) is 2.91. The van der Waals surface area contributed by atoms with E-state index in [1.165, 1.54) is 0 Å². The van der Waals surface area contributed by atoms with Crippen LogP contribution in [0, 0.1) is 0 Å². The van der Waals surface area contributed by atoms with Gasteiger partial charge in [0.15, 0.2) is 0 Å². The van der Waals surface area contributed by atoms with Gasteiger partial charge in [0.1, 0.15) is 0 Å². The molecule has 0 aromatic rings. The van der Waals surface area contributed by atoms with Crippen molar-refractivity contribution in [3.05, 3.63) is 12.2 Å². The second-order valence-electron chi connectivity index (χ2n) is 2.87. The summed E-state index contributed by atoms with van der Waals surface area (Å²) in [6.07, 6.45) is -2.27. The Hall–Kier alpha value is -0.480. The van der Waals surface area contributed by atoms with E-state index in [0.29, 0.717) is 13.1 Å². The average molecular weight is 178 g/mol. The first kappa shape index (κ1) is 11.5. The van der Waals surface area contributed by atoms with Crippen molar-refractivity contribution in [1.29, 1.82) is 0 Å². The van der Waals surface area contributed by atoms with Gasteiger partial charge in [0.25, 0.3) is 6.43 Å². The van der Waals surface area contributed by atoms with Crippen LogP contribution in [0.25, 0.3) is 0 Å². The van der Waals surface area contributed by atoms with Crippen molar-refractivity contribution in [2.75, 3.05) is 33.7 Å². The number of halogens is 2. The highest BCUT2D eigenvalue weighted by molar-refractivity contribution is 4.98. The fourth-order valence-corrected chi connectivity index (χ4v) is 0.988. The summed E-state index contributed by atoms with van der Waals surface area (Å²) in [7, 11) is 3.46. The zero-order valence-corrected chi connectivity index (χ0v) is 7.61. The molecule has 0 aliphatic carbocycles. The Bertz CT molecular complexity index is 137. The van der Waals surface area contributed by atoms with E-state index >= 15 is 0 Å². The Labute approximate surface area is 72.2 Å². The van der Waals surface area contributed by atoms with Crippen molar-refractivity contribution in [1.82, 2.24) is 10.2 Å². The minimum Gasteiger partial charge on any atom is -0.316 e. The maximum Gasteiger partial charge on any atom is 0.251 e. The quantitative estimate of drug-likeness (QED) is 0.609. The molecule has 2 nitrogen and oxygen atoms in total. The SMILES string of the molecule is C=C(CNC)CN(C)CC(F)F. The summed E-state index contributed by atoms with van der Waals surface area (Å²) in [6, 6.07) is 0. The maximum absolute atomic E-state index is 11.8. The smallest absolute Gasteiger partial charge is 0.251 e. The molecule has 0 amide bonds.